The van der Waals surface area contributed by atoms with Gasteiger partial charge in [0.05, 0.1) is 11.7 Å². The Bertz CT molecular complexity index is 452. The van der Waals surface area contributed by atoms with Gasteiger partial charge in [-0.3, -0.25) is 0 Å². The van der Waals surface area contributed by atoms with Crippen LogP contribution < -0.4 is 10.1 Å². The van der Waals surface area contributed by atoms with Crippen LogP contribution in [0.3, 0.4) is 0 Å². The summed E-state index contributed by atoms with van der Waals surface area (Å²) in [5.41, 5.74) is 0.463. The number of aliphatic hydroxyl groups excluding tert-OH is 2. The van der Waals surface area contributed by atoms with Crippen molar-refractivity contribution in [3.8, 4) is 11.8 Å². The van der Waals surface area contributed by atoms with Crippen molar-refractivity contribution >= 4 is 0 Å². The summed E-state index contributed by atoms with van der Waals surface area (Å²) in [7, 11) is 0. The van der Waals surface area contributed by atoms with Gasteiger partial charge in [0.2, 0.25) is 0 Å². The van der Waals surface area contributed by atoms with E-state index in [2.05, 4.69) is 5.32 Å². The predicted molar refractivity (Wildman–Crippen MR) is 69.7 cm³/mol. The molecule has 1 aliphatic carbocycles. The lowest BCUT2D eigenvalue weighted by atomic mass is 9.89. The summed E-state index contributed by atoms with van der Waals surface area (Å²) in [6, 6.07) is 9.27. The van der Waals surface area contributed by atoms with E-state index in [1.165, 1.54) is 0 Å². The van der Waals surface area contributed by atoms with E-state index in [-0.39, 0.29) is 18.8 Å². The summed E-state index contributed by atoms with van der Waals surface area (Å²) in [4.78, 5) is 0. The number of benzene rings is 1. The molecule has 1 saturated carbocycles. The van der Waals surface area contributed by atoms with Crippen LogP contribution in [-0.4, -0.2) is 41.6 Å². The second-order valence-corrected chi connectivity index (χ2v) is 4.80. The third-order valence-corrected chi connectivity index (χ3v) is 3.19. The molecule has 1 fully saturated rings. The van der Waals surface area contributed by atoms with Crippen LogP contribution in [0.1, 0.15) is 18.4 Å². The van der Waals surface area contributed by atoms with Crippen LogP contribution in [0.15, 0.2) is 24.3 Å². The molecule has 1 aliphatic rings. The van der Waals surface area contributed by atoms with Crippen LogP contribution in [0.25, 0.3) is 0 Å². The number of hydrogen-bond acceptors (Lipinski definition) is 5. The Morgan fingerprint density at radius 1 is 1.42 bits per heavy atom. The van der Waals surface area contributed by atoms with Gasteiger partial charge in [-0.2, -0.15) is 5.26 Å². The number of aliphatic hydroxyl groups is 2. The molecule has 0 heterocycles. The molecular weight excluding hydrogens is 244 g/mol. The molecule has 0 aromatic heterocycles. The van der Waals surface area contributed by atoms with E-state index in [0.29, 0.717) is 17.9 Å². The minimum absolute atomic E-state index is 0.140. The molecular formula is C14H18N2O3. The summed E-state index contributed by atoms with van der Waals surface area (Å²) in [6.45, 7) is 0.563. The molecule has 1 unspecified atom stereocenters. The fourth-order valence-electron chi connectivity index (χ4n) is 1.99. The van der Waals surface area contributed by atoms with E-state index in [1.54, 1.807) is 24.3 Å². The maximum atomic E-state index is 9.78. The Hall–Kier alpha value is -1.61. The van der Waals surface area contributed by atoms with Crippen LogP contribution in [0.4, 0.5) is 0 Å². The zero-order valence-electron chi connectivity index (χ0n) is 10.6. The minimum atomic E-state index is -0.635. The van der Waals surface area contributed by atoms with Crippen LogP contribution >= 0.6 is 0 Å². The maximum Gasteiger partial charge on any atom is 0.137 e. The molecule has 5 heteroatoms. The standard InChI is InChI=1S/C14H18N2O3/c15-7-10-3-1-2-4-14(10)19-9-13(18)8-16-11-5-12(17)6-11/h1-4,11-13,16-18H,5-6,8-9H2. The number of para-hydroxylation sites is 1. The Morgan fingerprint density at radius 3 is 2.84 bits per heavy atom. The van der Waals surface area contributed by atoms with Gasteiger partial charge >= 0.3 is 0 Å². The van der Waals surface area contributed by atoms with E-state index in [9.17, 15) is 5.11 Å². The quantitative estimate of drug-likeness (QED) is 0.691. The lowest BCUT2D eigenvalue weighted by Gasteiger charge is -2.32. The van der Waals surface area contributed by atoms with Crippen molar-refractivity contribution in [2.45, 2.75) is 31.1 Å². The molecule has 1 aromatic rings. The Morgan fingerprint density at radius 2 is 2.16 bits per heavy atom. The van der Waals surface area contributed by atoms with E-state index in [4.69, 9.17) is 15.1 Å². The normalized spacial score (nSPS) is 23.2. The first kappa shape index (κ1) is 13.8. The number of nitrogens with zero attached hydrogens (tertiary/aromatic N) is 1. The smallest absolute Gasteiger partial charge is 0.137 e. The lowest BCUT2D eigenvalue weighted by molar-refractivity contribution is 0.0487. The molecule has 2 rings (SSSR count). The molecule has 0 bridgehead atoms. The maximum absolute atomic E-state index is 9.78. The molecule has 5 nitrogen and oxygen atoms in total. The van der Waals surface area contributed by atoms with Crippen molar-refractivity contribution in [1.29, 1.82) is 5.26 Å². The fourth-order valence-corrected chi connectivity index (χ4v) is 1.99. The molecule has 3 N–H and O–H groups in total. The summed E-state index contributed by atoms with van der Waals surface area (Å²) in [5, 5.41) is 31.0. The first-order chi connectivity index (χ1) is 9.19. The van der Waals surface area contributed by atoms with E-state index in [0.717, 1.165) is 12.8 Å². The van der Waals surface area contributed by atoms with Crippen molar-refractivity contribution in [2.75, 3.05) is 13.2 Å². The number of ether oxygens (including phenoxy) is 1. The van der Waals surface area contributed by atoms with Crippen molar-refractivity contribution < 1.29 is 14.9 Å². The third-order valence-electron chi connectivity index (χ3n) is 3.19. The highest BCUT2D eigenvalue weighted by atomic mass is 16.5. The van der Waals surface area contributed by atoms with Gasteiger partial charge in [0.1, 0.15) is 24.5 Å². The molecule has 1 atom stereocenters. The van der Waals surface area contributed by atoms with Gasteiger partial charge in [-0.15, -0.1) is 0 Å². The fraction of sp³-hybridized carbons (Fsp3) is 0.500. The molecule has 0 amide bonds. The third kappa shape index (κ3) is 3.93. The van der Waals surface area contributed by atoms with Crippen LogP contribution in [0, 0.1) is 11.3 Å². The summed E-state index contributed by atoms with van der Waals surface area (Å²) < 4.78 is 5.43. The van der Waals surface area contributed by atoms with Gasteiger partial charge in [-0.05, 0) is 25.0 Å². The second-order valence-electron chi connectivity index (χ2n) is 4.80. The molecule has 0 saturated heterocycles. The molecule has 0 spiro atoms. The molecule has 19 heavy (non-hydrogen) atoms. The predicted octanol–water partition coefficient (Wildman–Crippen LogP) is 0.411. The van der Waals surface area contributed by atoms with Gasteiger partial charge in [0.15, 0.2) is 0 Å². The second kappa shape index (κ2) is 6.53. The largest absolute Gasteiger partial charge is 0.489 e. The molecule has 0 aliphatic heterocycles. The van der Waals surface area contributed by atoms with E-state index in [1.807, 2.05) is 6.07 Å². The van der Waals surface area contributed by atoms with E-state index >= 15 is 0 Å². The SMILES string of the molecule is N#Cc1ccccc1OCC(O)CNC1CC(O)C1. The van der Waals surface area contributed by atoms with Crippen molar-refractivity contribution in [2.24, 2.45) is 0 Å². The Kier molecular flexibility index (Phi) is 4.74. The molecule has 1 aromatic carbocycles. The average Bonchev–Trinajstić information content (AvgIpc) is 2.40. The highest BCUT2D eigenvalue weighted by molar-refractivity contribution is 5.42. The van der Waals surface area contributed by atoms with Crippen molar-refractivity contribution in [3.63, 3.8) is 0 Å². The average molecular weight is 262 g/mol. The highest BCUT2D eigenvalue weighted by Crippen LogP contribution is 2.19. The number of nitrogens with one attached hydrogen (secondary N) is 1. The van der Waals surface area contributed by atoms with Gasteiger partial charge in [0.25, 0.3) is 0 Å². The minimum Gasteiger partial charge on any atom is -0.489 e. The topological polar surface area (TPSA) is 85.5 Å². The molecule has 0 radical (unpaired) electrons. The van der Waals surface area contributed by atoms with Crippen LogP contribution in [0.2, 0.25) is 0 Å². The number of hydrogen-bond donors (Lipinski definition) is 3. The Labute approximate surface area is 112 Å². The van der Waals surface area contributed by atoms with Crippen LogP contribution in [0.5, 0.6) is 5.75 Å². The molecule has 102 valence electrons. The number of nitriles is 1. The van der Waals surface area contributed by atoms with Crippen molar-refractivity contribution in [1.82, 2.24) is 5.32 Å². The van der Waals surface area contributed by atoms with Gasteiger partial charge < -0.3 is 20.3 Å². The zero-order chi connectivity index (χ0) is 13.7. The number of rotatable bonds is 6. The summed E-state index contributed by atoms with van der Waals surface area (Å²) in [6.07, 6.45) is 0.647. The van der Waals surface area contributed by atoms with Gasteiger partial charge in [-0.1, -0.05) is 12.1 Å². The Balaban J connectivity index is 1.71. The van der Waals surface area contributed by atoms with Crippen LogP contribution in [-0.2, 0) is 0 Å². The van der Waals surface area contributed by atoms with E-state index < -0.39 is 6.10 Å². The lowest BCUT2D eigenvalue weighted by Crippen LogP contribution is -2.47. The first-order valence-electron chi connectivity index (χ1n) is 6.40. The zero-order valence-corrected chi connectivity index (χ0v) is 10.6. The highest BCUT2D eigenvalue weighted by Gasteiger charge is 2.26. The summed E-state index contributed by atoms with van der Waals surface area (Å²) in [5.74, 6) is 0.489. The van der Waals surface area contributed by atoms with Crippen molar-refractivity contribution in [3.05, 3.63) is 29.8 Å². The summed E-state index contributed by atoms with van der Waals surface area (Å²) >= 11 is 0. The monoisotopic (exact) mass is 262 g/mol. The van der Waals surface area contributed by atoms with Gasteiger partial charge in [-0.25, -0.2) is 0 Å². The van der Waals surface area contributed by atoms with Gasteiger partial charge in [0, 0.05) is 12.6 Å². The first-order valence-corrected chi connectivity index (χ1v) is 6.40.